The van der Waals surface area contributed by atoms with Crippen molar-refractivity contribution in [3.8, 4) is 5.75 Å². The fraction of sp³-hybridized carbons (Fsp3) is 0.318. The molecule has 0 bridgehead atoms. The molecular weight excluding hydrogens is 352 g/mol. The van der Waals surface area contributed by atoms with Crippen LogP contribution in [0.2, 0.25) is 0 Å². The van der Waals surface area contributed by atoms with Crippen LogP contribution in [0, 0.1) is 6.92 Å². The van der Waals surface area contributed by atoms with Gasteiger partial charge in [-0.05, 0) is 44.2 Å². The Labute approximate surface area is 163 Å². The van der Waals surface area contributed by atoms with Gasteiger partial charge < -0.3 is 14.1 Å². The number of oxazole rings is 1. The SMILES string of the molecule is Cc1nc2c(o1)CCN(c1cc(C3=Nc4ccc(OC(C)C)cc43)ccn1)C2. The Morgan fingerprint density at radius 3 is 2.93 bits per heavy atom. The van der Waals surface area contributed by atoms with Gasteiger partial charge in [-0.3, -0.25) is 0 Å². The standard InChI is InChI=1S/C22H22N4O2/c1-13(2)27-16-4-5-18-17(11-16)22(25-18)15-6-8-23-21(10-15)26-9-7-20-19(12-26)24-14(3)28-20/h4-6,8,10-11,13H,7,9,12H2,1-3H3. The van der Waals surface area contributed by atoms with E-state index in [2.05, 4.69) is 32.0 Å². The highest BCUT2D eigenvalue weighted by atomic mass is 16.5. The topological polar surface area (TPSA) is 63.8 Å². The average molecular weight is 374 g/mol. The molecule has 0 fully saturated rings. The first-order valence-corrected chi connectivity index (χ1v) is 9.63. The van der Waals surface area contributed by atoms with Crippen LogP contribution >= 0.6 is 0 Å². The molecule has 4 heterocycles. The van der Waals surface area contributed by atoms with E-state index in [-0.39, 0.29) is 6.10 Å². The average Bonchev–Trinajstić information content (AvgIpc) is 3.03. The van der Waals surface area contributed by atoms with Gasteiger partial charge in [0, 0.05) is 37.2 Å². The van der Waals surface area contributed by atoms with Crippen molar-refractivity contribution in [3.05, 3.63) is 65.0 Å². The van der Waals surface area contributed by atoms with Gasteiger partial charge in [0.1, 0.15) is 23.0 Å². The van der Waals surface area contributed by atoms with Crippen molar-refractivity contribution in [1.82, 2.24) is 9.97 Å². The summed E-state index contributed by atoms with van der Waals surface area (Å²) in [5.41, 5.74) is 5.20. The lowest BCUT2D eigenvalue weighted by atomic mass is 9.96. The number of anilines is 1. The highest BCUT2D eigenvalue weighted by molar-refractivity contribution is 6.22. The maximum absolute atomic E-state index is 5.83. The Morgan fingerprint density at radius 2 is 2.07 bits per heavy atom. The summed E-state index contributed by atoms with van der Waals surface area (Å²) >= 11 is 0. The first-order valence-electron chi connectivity index (χ1n) is 9.63. The van der Waals surface area contributed by atoms with Gasteiger partial charge in [-0.25, -0.2) is 15.0 Å². The van der Waals surface area contributed by atoms with Gasteiger partial charge in [0.2, 0.25) is 0 Å². The maximum atomic E-state index is 5.83. The van der Waals surface area contributed by atoms with Crippen LogP contribution in [0.3, 0.4) is 0 Å². The van der Waals surface area contributed by atoms with E-state index in [1.54, 1.807) is 0 Å². The lowest BCUT2D eigenvalue weighted by Crippen LogP contribution is -2.31. The third-order valence-corrected chi connectivity index (χ3v) is 5.00. The minimum Gasteiger partial charge on any atom is -0.491 e. The molecule has 0 spiro atoms. The lowest BCUT2D eigenvalue weighted by Gasteiger charge is -2.27. The number of aromatic nitrogens is 2. The van der Waals surface area contributed by atoms with E-state index in [4.69, 9.17) is 9.15 Å². The molecule has 2 aromatic heterocycles. The third kappa shape index (κ3) is 2.95. The largest absolute Gasteiger partial charge is 0.491 e. The molecule has 2 aliphatic rings. The number of aliphatic imine (C=N–C) groups is 1. The molecule has 1 aromatic carbocycles. The number of hydrogen-bond donors (Lipinski definition) is 0. The number of hydrogen-bond acceptors (Lipinski definition) is 6. The summed E-state index contributed by atoms with van der Waals surface area (Å²) in [6, 6.07) is 10.2. The molecule has 0 saturated heterocycles. The molecule has 0 N–H and O–H groups in total. The number of fused-ring (bicyclic) bond motifs is 2. The smallest absolute Gasteiger partial charge is 0.191 e. The van der Waals surface area contributed by atoms with Crippen molar-refractivity contribution in [2.75, 3.05) is 11.4 Å². The van der Waals surface area contributed by atoms with E-state index < -0.39 is 0 Å². The minimum absolute atomic E-state index is 0.148. The molecular formula is C22H22N4O2. The lowest BCUT2D eigenvalue weighted by molar-refractivity contribution is 0.242. The molecule has 28 heavy (non-hydrogen) atoms. The molecule has 0 atom stereocenters. The highest BCUT2D eigenvalue weighted by Crippen LogP contribution is 2.36. The number of benzene rings is 1. The summed E-state index contributed by atoms with van der Waals surface area (Å²) in [7, 11) is 0. The molecule has 6 nitrogen and oxygen atoms in total. The molecule has 2 aliphatic heterocycles. The molecule has 3 aromatic rings. The number of nitrogens with zero attached hydrogens (tertiary/aromatic N) is 4. The Morgan fingerprint density at radius 1 is 1.18 bits per heavy atom. The van der Waals surface area contributed by atoms with E-state index in [0.29, 0.717) is 0 Å². The van der Waals surface area contributed by atoms with E-state index >= 15 is 0 Å². The summed E-state index contributed by atoms with van der Waals surface area (Å²) in [4.78, 5) is 16.0. The van der Waals surface area contributed by atoms with Crippen LogP contribution in [0.5, 0.6) is 5.75 Å². The molecule has 6 heteroatoms. The van der Waals surface area contributed by atoms with E-state index in [1.165, 1.54) is 0 Å². The van der Waals surface area contributed by atoms with E-state index in [0.717, 1.165) is 70.9 Å². The van der Waals surface area contributed by atoms with Gasteiger partial charge in [0.05, 0.1) is 24.0 Å². The van der Waals surface area contributed by atoms with Crippen molar-refractivity contribution in [2.45, 2.75) is 39.8 Å². The number of rotatable bonds is 4. The fourth-order valence-electron chi connectivity index (χ4n) is 3.76. The van der Waals surface area contributed by atoms with Crippen molar-refractivity contribution < 1.29 is 9.15 Å². The highest BCUT2D eigenvalue weighted by Gasteiger charge is 2.25. The zero-order valence-electron chi connectivity index (χ0n) is 16.3. The van der Waals surface area contributed by atoms with Gasteiger partial charge in [0.15, 0.2) is 5.89 Å². The van der Waals surface area contributed by atoms with Crippen molar-refractivity contribution in [1.29, 1.82) is 0 Å². The van der Waals surface area contributed by atoms with Crippen molar-refractivity contribution >= 4 is 17.2 Å². The molecule has 5 rings (SSSR count). The molecule has 0 radical (unpaired) electrons. The quantitative estimate of drug-likeness (QED) is 0.535. The van der Waals surface area contributed by atoms with Gasteiger partial charge in [-0.1, -0.05) is 0 Å². The van der Waals surface area contributed by atoms with Gasteiger partial charge in [0.25, 0.3) is 0 Å². The Hall–Kier alpha value is -3.15. The maximum Gasteiger partial charge on any atom is 0.191 e. The van der Waals surface area contributed by atoms with Crippen LogP contribution in [-0.4, -0.2) is 28.3 Å². The summed E-state index contributed by atoms with van der Waals surface area (Å²) in [5.74, 6) is 3.54. The molecule has 0 amide bonds. The fourth-order valence-corrected chi connectivity index (χ4v) is 3.76. The predicted octanol–water partition coefficient (Wildman–Crippen LogP) is 4.21. The summed E-state index contributed by atoms with van der Waals surface area (Å²) in [6.45, 7) is 7.55. The van der Waals surface area contributed by atoms with E-state index in [9.17, 15) is 0 Å². The predicted molar refractivity (Wildman–Crippen MR) is 108 cm³/mol. The van der Waals surface area contributed by atoms with Crippen LogP contribution in [0.25, 0.3) is 0 Å². The number of aryl methyl sites for hydroxylation is 1. The van der Waals surface area contributed by atoms with Gasteiger partial charge in [-0.15, -0.1) is 0 Å². The third-order valence-electron chi connectivity index (χ3n) is 5.00. The Bertz CT molecular complexity index is 1080. The van der Waals surface area contributed by atoms with Gasteiger partial charge >= 0.3 is 0 Å². The van der Waals surface area contributed by atoms with Crippen molar-refractivity contribution in [3.63, 3.8) is 0 Å². The van der Waals surface area contributed by atoms with E-state index in [1.807, 2.05) is 45.2 Å². The molecule has 0 unspecified atom stereocenters. The Balaban J connectivity index is 1.40. The molecule has 142 valence electrons. The normalized spacial score (nSPS) is 15.0. The minimum atomic E-state index is 0.148. The monoisotopic (exact) mass is 374 g/mol. The van der Waals surface area contributed by atoms with Crippen LogP contribution < -0.4 is 9.64 Å². The zero-order chi connectivity index (χ0) is 19.3. The first-order chi connectivity index (χ1) is 13.6. The first kappa shape index (κ1) is 17.0. The number of pyridine rings is 1. The van der Waals surface area contributed by atoms with Crippen LogP contribution in [-0.2, 0) is 13.0 Å². The molecule has 0 aliphatic carbocycles. The van der Waals surface area contributed by atoms with Crippen LogP contribution in [0.15, 0.2) is 45.9 Å². The summed E-state index contributed by atoms with van der Waals surface area (Å²) in [5, 5.41) is 0. The Kier molecular flexibility index (Phi) is 3.93. The summed E-state index contributed by atoms with van der Waals surface area (Å²) in [6.07, 6.45) is 2.85. The van der Waals surface area contributed by atoms with Gasteiger partial charge in [-0.2, -0.15) is 0 Å². The van der Waals surface area contributed by atoms with Crippen LogP contribution in [0.1, 0.15) is 42.3 Å². The summed E-state index contributed by atoms with van der Waals surface area (Å²) < 4.78 is 11.5. The zero-order valence-corrected chi connectivity index (χ0v) is 16.3. The van der Waals surface area contributed by atoms with Crippen molar-refractivity contribution in [2.24, 2.45) is 4.99 Å². The second-order valence-corrected chi connectivity index (χ2v) is 7.48. The second kappa shape index (κ2) is 6.48. The second-order valence-electron chi connectivity index (χ2n) is 7.48. The number of ether oxygens (including phenoxy) is 1. The molecule has 0 saturated carbocycles. The van der Waals surface area contributed by atoms with Crippen LogP contribution in [0.4, 0.5) is 11.5 Å².